The summed E-state index contributed by atoms with van der Waals surface area (Å²) >= 11 is 0. The molecule has 19 heavy (non-hydrogen) atoms. The van der Waals surface area contributed by atoms with Crippen molar-refractivity contribution in [2.45, 2.75) is 39.0 Å². The zero-order valence-corrected chi connectivity index (χ0v) is 11.3. The van der Waals surface area contributed by atoms with Gasteiger partial charge in [-0.2, -0.15) is 0 Å². The maximum absolute atomic E-state index is 12.1. The average molecular weight is 260 g/mol. The average Bonchev–Trinajstić information content (AvgIpc) is 2.99. The molecule has 3 unspecified atom stereocenters. The van der Waals surface area contributed by atoms with Crippen LogP contribution in [0.2, 0.25) is 0 Å². The van der Waals surface area contributed by atoms with E-state index in [-0.39, 0.29) is 29.7 Å². The van der Waals surface area contributed by atoms with E-state index >= 15 is 0 Å². The van der Waals surface area contributed by atoms with Gasteiger partial charge in [0.25, 0.3) is 0 Å². The Morgan fingerprint density at radius 2 is 1.84 bits per heavy atom. The molecule has 0 aromatic heterocycles. The molecule has 3 aliphatic carbocycles. The fourth-order valence-corrected chi connectivity index (χ4v) is 4.24. The van der Waals surface area contributed by atoms with Gasteiger partial charge in [-0.3, -0.25) is 14.4 Å². The number of fused-ring (bicyclic) bond motifs is 2. The molecule has 0 aromatic carbocycles. The molecule has 0 spiro atoms. The summed E-state index contributed by atoms with van der Waals surface area (Å²) in [5, 5.41) is 0. The molecule has 0 heterocycles. The van der Waals surface area contributed by atoms with E-state index in [4.69, 9.17) is 0 Å². The van der Waals surface area contributed by atoms with Gasteiger partial charge in [-0.05, 0) is 36.5 Å². The lowest BCUT2D eigenvalue weighted by atomic mass is 9.69. The van der Waals surface area contributed by atoms with Crippen molar-refractivity contribution in [3.8, 4) is 0 Å². The number of ketones is 3. The van der Waals surface area contributed by atoms with Crippen molar-refractivity contribution in [3.63, 3.8) is 0 Å². The van der Waals surface area contributed by atoms with Crippen LogP contribution in [0.4, 0.5) is 0 Å². The zero-order chi connectivity index (χ0) is 13.6. The van der Waals surface area contributed by atoms with Gasteiger partial charge in [-0.15, -0.1) is 0 Å². The summed E-state index contributed by atoms with van der Waals surface area (Å²) in [6.07, 6.45) is 8.01. The number of carbonyl (C=O) groups is 3. The highest BCUT2D eigenvalue weighted by Gasteiger charge is 2.46. The Morgan fingerprint density at radius 1 is 1.16 bits per heavy atom. The van der Waals surface area contributed by atoms with Crippen molar-refractivity contribution in [3.05, 3.63) is 12.2 Å². The Hall–Kier alpha value is -1.25. The van der Waals surface area contributed by atoms with Crippen molar-refractivity contribution in [2.75, 3.05) is 0 Å². The Bertz CT molecular complexity index is 445. The number of allylic oxidation sites excluding steroid dienone is 2. The lowest BCUT2D eigenvalue weighted by molar-refractivity contribution is -0.144. The predicted molar refractivity (Wildman–Crippen MR) is 70.4 cm³/mol. The summed E-state index contributed by atoms with van der Waals surface area (Å²) in [6.45, 7) is 1.72. The molecular weight excluding hydrogens is 240 g/mol. The monoisotopic (exact) mass is 260 g/mol. The Kier molecular flexibility index (Phi) is 3.15. The molecule has 3 heteroatoms. The molecule has 3 aliphatic rings. The lowest BCUT2D eigenvalue weighted by Crippen LogP contribution is -2.41. The number of rotatable bonds is 3. The van der Waals surface area contributed by atoms with Crippen molar-refractivity contribution in [1.29, 1.82) is 0 Å². The fraction of sp³-hybridized carbons (Fsp3) is 0.688. The van der Waals surface area contributed by atoms with E-state index in [9.17, 15) is 14.4 Å². The van der Waals surface area contributed by atoms with E-state index < -0.39 is 5.92 Å². The van der Waals surface area contributed by atoms with Crippen LogP contribution in [-0.2, 0) is 14.4 Å². The third-order valence-electron chi connectivity index (χ3n) is 5.18. The van der Waals surface area contributed by atoms with E-state index in [0.29, 0.717) is 30.6 Å². The largest absolute Gasteiger partial charge is 0.298 e. The summed E-state index contributed by atoms with van der Waals surface area (Å²) in [5.74, 6) is 0.516. The maximum atomic E-state index is 12.1. The van der Waals surface area contributed by atoms with E-state index in [2.05, 4.69) is 12.2 Å². The van der Waals surface area contributed by atoms with Crippen molar-refractivity contribution in [2.24, 2.45) is 29.6 Å². The van der Waals surface area contributed by atoms with Gasteiger partial charge in [-0.25, -0.2) is 0 Å². The van der Waals surface area contributed by atoms with Crippen LogP contribution in [0.15, 0.2) is 12.2 Å². The third kappa shape index (κ3) is 2.09. The van der Waals surface area contributed by atoms with Crippen LogP contribution in [0, 0.1) is 29.6 Å². The van der Waals surface area contributed by atoms with Gasteiger partial charge in [0.05, 0.1) is 0 Å². The maximum Gasteiger partial charge on any atom is 0.151 e. The molecule has 102 valence electrons. The highest BCUT2D eigenvalue weighted by molar-refractivity contribution is 6.20. The molecule has 3 atom stereocenters. The van der Waals surface area contributed by atoms with Crippen LogP contribution >= 0.6 is 0 Å². The highest BCUT2D eigenvalue weighted by atomic mass is 16.2. The minimum atomic E-state index is -0.935. The standard InChI is InChI=1S/C16H20O3/c1-2-13(17)16-14(18)7-11(8-15(16)19)12-6-9-3-4-10(12)5-9/h3-4,9-12,16H,2,5-8H2,1H3. The molecule has 0 radical (unpaired) electrons. The number of carbonyl (C=O) groups excluding carboxylic acids is 3. The summed E-state index contributed by atoms with van der Waals surface area (Å²) in [5.41, 5.74) is 0. The van der Waals surface area contributed by atoms with Gasteiger partial charge in [0.15, 0.2) is 17.3 Å². The van der Waals surface area contributed by atoms with Crippen LogP contribution in [0.5, 0.6) is 0 Å². The number of Topliss-reactive ketones (excluding diaryl/α,β-unsaturated/α-hetero) is 3. The van der Waals surface area contributed by atoms with Crippen LogP contribution < -0.4 is 0 Å². The minimum Gasteiger partial charge on any atom is -0.298 e. The Labute approximate surface area is 113 Å². The van der Waals surface area contributed by atoms with E-state index in [1.54, 1.807) is 6.92 Å². The molecule has 2 bridgehead atoms. The molecule has 2 saturated carbocycles. The minimum absolute atomic E-state index is 0.125. The van der Waals surface area contributed by atoms with Crippen molar-refractivity contribution >= 4 is 17.3 Å². The smallest absolute Gasteiger partial charge is 0.151 e. The second kappa shape index (κ2) is 4.69. The molecule has 0 amide bonds. The topological polar surface area (TPSA) is 51.2 Å². The first kappa shape index (κ1) is 12.8. The SMILES string of the molecule is CCC(=O)C1C(=O)CC(C2CC3C=CC2C3)CC1=O. The summed E-state index contributed by atoms with van der Waals surface area (Å²) in [4.78, 5) is 35.9. The normalized spacial score (nSPS) is 41.0. The van der Waals surface area contributed by atoms with Gasteiger partial charge >= 0.3 is 0 Å². The van der Waals surface area contributed by atoms with Crippen LogP contribution in [0.3, 0.4) is 0 Å². The third-order valence-corrected chi connectivity index (χ3v) is 5.18. The van der Waals surface area contributed by atoms with Crippen molar-refractivity contribution in [1.82, 2.24) is 0 Å². The molecule has 0 N–H and O–H groups in total. The zero-order valence-electron chi connectivity index (χ0n) is 11.3. The quantitative estimate of drug-likeness (QED) is 0.578. The molecule has 2 fully saturated rings. The summed E-state index contributed by atoms with van der Waals surface area (Å²) < 4.78 is 0. The number of hydrogen-bond donors (Lipinski definition) is 0. The van der Waals surface area contributed by atoms with Crippen LogP contribution in [0.1, 0.15) is 39.0 Å². The fourth-order valence-electron chi connectivity index (χ4n) is 4.24. The first-order chi connectivity index (χ1) is 9.10. The molecule has 0 aliphatic heterocycles. The van der Waals surface area contributed by atoms with E-state index in [0.717, 1.165) is 6.42 Å². The van der Waals surface area contributed by atoms with Gasteiger partial charge < -0.3 is 0 Å². The van der Waals surface area contributed by atoms with Crippen LogP contribution in [-0.4, -0.2) is 17.3 Å². The van der Waals surface area contributed by atoms with Gasteiger partial charge in [-0.1, -0.05) is 19.1 Å². The number of hydrogen-bond acceptors (Lipinski definition) is 3. The molecular formula is C16H20O3. The second-order valence-corrected chi connectivity index (χ2v) is 6.30. The van der Waals surface area contributed by atoms with E-state index in [1.807, 2.05) is 0 Å². The van der Waals surface area contributed by atoms with Gasteiger partial charge in [0, 0.05) is 19.3 Å². The summed E-state index contributed by atoms with van der Waals surface area (Å²) in [7, 11) is 0. The van der Waals surface area contributed by atoms with Gasteiger partial charge in [0.2, 0.25) is 0 Å². The second-order valence-electron chi connectivity index (χ2n) is 6.30. The molecule has 0 saturated heterocycles. The van der Waals surface area contributed by atoms with Crippen molar-refractivity contribution < 1.29 is 14.4 Å². The first-order valence-corrected chi connectivity index (χ1v) is 7.36. The molecule has 0 aromatic rings. The Balaban J connectivity index is 1.72. The summed E-state index contributed by atoms with van der Waals surface area (Å²) in [6, 6.07) is 0. The van der Waals surface area contributed by atoms with E-state index in [1.165, 1.54) is 6.42 Å². The Morgan fingerprint density at radius 3 is 2.32 bits per heavy atom. The van der Waals surface area contributed by atoms with Crippen LogP contribution in [0.25, 0.3) is 0 Å². The highest BCUT2D eigenvalue weighted by Crippen LogP contribution is 2.49. The predicted octanol–water partition coefficient (Wildman–Crippen LogP) is 2.34. The first-order valence-electron chi connectivity index (χ1n) is 7.36. The van der Waals surface area contributed by atoms with Gasteiger partial charge in [0.1, 0.15) is 5.92 Å². The molecule has 3 nitrogen and oxygen atoms in total. The lowest BCUT2D eigenvalue weighted by Gasteiger charge is -2.32. The molecule has 3 rings (SSSR count).